The molecule has 5 heteroatoms. The maximum atomic E-state index is 8.29. The second kappa shape index (κ2) is 36.0. The van der Waals surface area contributed by atoms with Crippen molar-refractivity contribution in [3.63, 3.8) is 0 Å². The number of aliphatic hydroxyl groups is 2. The minimum Gasteiger partial charge on any atom is -1.00 e. The van der Waals surface area contributed by atoms with Crippen LogP contribution in [0.15, 0.2) is 0 Å². The summed E-state index contributed by atoms with van der Waals surface area (Å²) < 4.78 is 0. The summed E-state index contributed by atoms with van der Waals surface area (Å²) in [5.74, 6) is 0. The Kier molecular flexibility index (Phi) is 66.0. The van der Waals surface area contributed by atoms with Gasteiger partial charge < -0.3 is 44.2 Å². The maximum Gasteiger partial charge on any atom is 0.0431 e. The van der Waals surface area contributed by atoms with Gasteiger partial charge in [0.05, 0.1) is 0 Å². The van der Waals surface area contributed by atoms with Gasteiger partial charge in [-0.3, -0.25) is 0 Å². The molecule has 0 saturated heterocycles. The molecule has 0 heterocycles. The molecule has 2 N–H and O–H groups in total. The molecule has 0 unspecified atom stereocenters. The molecule has 0 fully saturated rings. The van der Waals surface area contributed by atoms with Gasteiger partial charge in [0.25, 0.3) is 0 Å². The van der Waals surface area contributed by atoms with E-state index in [2.05, 4.69) is 13.8 Å². The van der Waals surface area contributed by atoms with Gasteiger partial charge in [-0.2, -0.15) is 0 Å². The minimum absolute atomic E-state index is 0. The summed E-state index contributed by atoms with van der Waals surface area (Å²) in [6, 6.07) is 0. The summed E-state index contributed by atoms with van der Waals surface area (Å²) in [6.45, 7) is 5.05. The standard InChI is InChI=1S/2C6H14O.2BrH.Ti/c2*1-2-3-4-5-6-7;;;/h2*7H,2-6H2,1H3;2*1H;/p-2. The van der Waals surface area contributed by atoms with E-state index in [-0.39, 0.29) is 55.7 Å². The van der Waals surface area contributed by atoms with Crippen LogP contribution < -0.4 is 34.0 Å². The number of unbranched alkanes of at least 4 members (excludes halogenated alkanes) is 6. The number of rotatable bonds is 8. The van der Waals surface area contributed by atoms with Crippen molar-refractivity contribution in [2.75, 3.05) is 13.2 Å². The predicted molar refractivity (Wildman–Crippen MR) is 62.5 cm³/mol. The zero-order valence-electron chi connectivity index (χ0n) is 11.2. The largest absolute Gasteiger partial charge is 1.00 e. The van der Waals surface area contributed by atoms with Gasteiger partial charge in [-0.15, -0.1) is 0 Å². The number of aliphatic hydroxyl groups excluding tert-OH is 2. The van der Waals surface area contributed by atoms with Crippen LogP contribution in [0.25, 0.3) is 0 Å². The van der Waals surface area contributed by atoms with E-state index in [0.717, 1.165) is 12.8 Å². The average Bonchev–Trinajstić information content (AvgIpc) is 2.21. The first-order valence-electron chi connectivity index (χ1n) is 6.05. The molecule has 0 atom stereocenters. The van der Waals surface area contributed by atoms with Gasteiger partial charge in [0.2, 0.25) is 0 Å². The fraction of sp³-hybridized carbons (Fsp3) is 1.00. The van der Waals surface area contributed by atoms with Crippen LogP contribution in [0.5, 0.6) is 0 Å². The van der Waals surface area contributed by atoms with Crippen LogP contribution in [-0.4, -0.2) is 23.4 Å². The van der Waals surface area contributed by atoms with E-state index in [1.165, 1.54) is 38.5 Å². The molecule has 0 rings (SSSR count). The Bertz CT molecular complexity index is 70.9. The number of hydrogen-bond donors (Lipinski definition) is 2. The van der Waals surface area contributed by atoms with Crippen molar-refractivity contribution in [2.45, 2.75) is 65.2 Å². The molecule has 0 aromatic rings. The summed E-state index contributed by atoms with van der Waals surface area (Å²) in [5.41, 5.74) is 0. The fourth-order valence-corrected chi connectivity index (χ4v) is 1.08. The summed E-state index contributed by atoms with van der Waals surface area (Å²) >= 11 is 0. The van der Waals surface area contributed by atoms with E-state index in [4.69, 9.17) is 10.2 Å². The molecule has 0 amide bonds. The number of hydrogen-bond acceptors (Lipinski definition) is 2. The quantitative estimate of drug-likeness (QED) is 0.333. The molecule has 0 bridgehead atoms. The SMILES string of the molecule is CCCCCCO.CCCCCCO.[Br-].[Br-].[Ti]. The molecule has 0 aliphatic carbocycles. The second-order valence-electron chi connectivity index (χ2n) is 3.57. The Balaban J connectivity index is -0.0000000480. The van der Waals surface area contributed by atoms with Gasteiger partial charge in [0, 0.05) is 34.9 Å². The first-order valence-corrected chi connectivity index (χ1v) is 6.05. The van der Waals surface area contributed by atoms with Crippen LogP contribution in [0.1, 0.15) is 65.2 Å². The van der Waals surface area contributed by atoms with Crippen LogP contribution >= 0.6 is 0 Å². The van der Waals surface area contributed by atoms with Crippen LogP contribution in [0.3, 0.4) is 0 Å². The molecule has 0 aromatic carbocycles. The minimum atomic E-state index is 0. The molecule has 0 aromatic heterocycles. The van der Waals surface area contributed by atoms with E-state index in [9.17, 15) is 0 Å². The zero-order valence-corrected chi connectivity index (χ0v) is 16.0. The molecule has 0 saturated carbocycles. The number of halogens is 2. The summed E-state index contributed by atoms with van der Waals surface area (Å²) in [4.78, 5) is 0. The fourth-order valence-electron chi connectivity index (χ4n) is 1.08. The van der Waals surface area contributed by atoms with E-state index >= 15 is 0 Å². The predicted octanol–water partition coefficient (Wildman–Crippen LogP) is -2.88. The third-order valence-electron chi connectivity index (χ3n) is 2.02. The van der Waals surface area contributed by atoms with Gasteiger partial charge in [-0.05, 0) is 12.8 Å². The summed E-state index contributed by atoms with van der Waals surface area (Å²) in [5, 5.41) is 16.6. The maximum absolute atomic E-state index is 8.29. The van der Waals surface area contributed by atoms with Gasteiger partial charge in [-0.1, -0.05) is 52.4 Å². The second-order valence-corrected chi connectivity index (χ2v) is 3.57. The molecule has 2 nitrogen and oxygen atoms in total. The Hall–Kier alpha value is 1.59. The van der Waals surface area contributed by atoms with Crippen molar-refractivity contribution in [3.05, 3.63) is 0 Å². The molecule has 0 spiro atoms. The molecule has 17 heavy (non-hydrogen) atoms. The third kappa shape index (κ3) is 46.5. The van der Waals surface area contributed by atoms with Crippen molar-refractivity contribution >= 4 is 0 Å². The van der Waals surface area contributed by atoms with Gasteiger partial charge >= 0.3 is 0 Å². The molecule has 108 valence electrons. The first-order chi connectivity index (χ1) is 6.83. The Morgan fingerprint density at radius 2 is 0.882 bits per heavy atom. The van der Waals surface area contributed by atoms with Crippen molar-refractivity contribution in [3.8, 4) is 0 Å². The third-order valence-corrected chi connectivity index (χ3v) is 2.02. The van der Waals surface area contributed by atoms with Crippen LogP contribution in [0, 0.1) is 0 Å². The van der Waals surface area contributed by atoms with Crippen molar-refractivity contribution in [1.82, 2.24) is 0 Å². The monoisotopic (exact) mass is 410 g/mol. The van der Waals surface area contributed by atoms with Crippen molar-refractivity contribution in [2.24, 2.45) is 0 Å². The Morgan fingerprint density at radius 1 is 0.588 bits per heavy atom. The smallest absolute Gasteiger partial charge is 0.0431 e. The summed E-state index contributed by atoms with van der Waals surface area (Å²) in [6.07, 6.45) is 9.36. The van der Waals surface area contributed by atoms with E-state index in [1.807, 2.05) is 0 Å². The molecular weight excluding hydrogens is 384 g/mol. The topological polar surface area (TPSA) is 40.5 Å². The Labute approximate surface area is 143 Å². The van der Waals surface area contributed by atoms with Crippen LogP contribution in [0.4, 0.5) is 0 Å². The van der Waals surface area contributed by atoms with Crippen molar-refractivity contribution in [1.29, 1.82) is 0 Å². The van der Waals surface area contributed by atoms with Gasteiger partial charge in [0.1, 0.15) is 0 Å². The van der Waals surface area contributed by atoms with Gasteiger partial charge in [0.15, 0.2) is 0 Å². The molecular formula is C12H28Br2O2Ti-2. The van der Waals surface area contributed by atoms with E-state index < -0.39 is 0 Å². The van der Waals surface area contributed by atoms with E-state index in [0.29, 0.717) is 13.2 Å². The molecule has 0 aliphatic heterocycles. The zero-order chi connectivity index (χ0) is 11.1. The first kappa shape index (κ1) is 31.1. The normalized spacial score (nSPS) is 7.76. The summed E-state index contributed by atoms with van der Waals surface area (Å²) in [7, 11) is 0. The average molecular weight is 412 g/mol. The van der Waals surface area contributed by atoms with Gasteiger partial charge in [-0.25, -0.2) is 0 Å². The van der Waals surface area contributed by atoms with Crippen LogP contribution in [-0.2, 0) is 21.7 Å². The van der Waals surface area contributed by atoms with E-state index in [1.54, 1.807) is 0 Å². The van der Waals surface area contributed by atoms with Crippen molar-refractivity contribution < 1.29 is 65.9 Å². The Morgan fingerprint density at radius 3 is 1.06 bits per heavy atom. The molecule has 0 aliphatic rings. The molecule has 0 radical (unpaired) electrons. The van der Waals surface area contributed by atoms with Crippen LogP contribution in [0.2, 0.25) is 0 Å².